The fraction of sp³-hybridized carbons (Fsp3) is 0.333. The van der Waals surface area contributed by atoms with Crippen LogP contribution in [0.15, 0.2) is 70.3 Å². The van der Waals surface area contributed by atoms with Gasteiger partial charge in [0.1, 0.15) is 11.0 Å². The molecule has 4 aromatic rings. The molecular weight excluding hydrogens is 565 g/mol. The van der Waals surface area contributed by atoms with Crippen LogP contribution in [0.3, 0.4) is 0 Å². The molecule has 0 unspecified atom stereocenters. The van der Waals surface area contributed by atoms with Crippen molar-refractivity contribution in [3.05, 3.63) is 88.3 Å². The van der Waals surface area contributed by atoms with Crippen molar-refractivity contribution in [3.63, 3.8) is 0 Å². The molecule has 5 rings (SSSR count). The molecule has 0 spiro atoms. The van der Waals surface area contributed by atoms with E-state index in [1.807, 2.05) is 37.3 Å². The number of amides is 2. The summed E-state index contributed by atoms with van der Waals surface area (Å²) < 4.78 is 7.07. The van der Waals surface area contributed by atoms with Gasteiger partial charge in [0.05, 0.1) is 23.0 Å². The Labute approximate surface area is 251 Å². The summed E-state index contributed by atoms with van der Waals surface area (Å²) in [5.74, 6) is -0.480. The highest BCUT2D eigenvalue weighted by Gasteiger charge is 2.44. The van der Waals surface area contributed by atoms with Crippen LogP contribution in [0.25, 0.3) is 11.0 Å². The standard InChI is InChI=1S/C30H33N5O4.2ClH/c1-20-22(7-6-12-31-20)19-34(14-15-35-13-10-26-23(27(35)36)11-16-39-26)18-21-8-9-24-25(17-21)33(5)29(38)30(2,3)28(37)32(24)4;;/h6-13,16-17H,14-15,18-19H2,1-5H3;2*1H. The monoisotopic (exact) mass is 599 g/mol. The zero-order chi connectivity index (χ0) is 27.9. The summed E-state index contributed by atoms with van der Waals surface area (Å²) in [4.78, 5) is 49.0. The molecule has 0 saturated carbocycles. The topological polar surface area (TPSA) is 91.9 Å². The van der Waals surface area contributed by atoms with E-state index in [9.17, 15) is 14.4 Å². The second-order valence-electron chi connectivity index (χ2n) is 10.6. The van der Waals surface area contributed by atoms with Gasteiger partial charge in [-0.3, -0.25) is 24.3 Å². The molecule has 41 heavy (non-hydrogen) atoms. The second-order valence-corrected chi connectivity index (χ2v) is 10.6. The lowest BCUT2D eigenvalue weighted by atomic mass is 9.90. The minimum atomic E-state index is -1.16. The van der Waals surface area contributed by atoms with Crippen molar-refractivity contribution in [2.45, 2.75) is 40.4 Å². The Kier molecular flexibility index (Phi) is 9.69. The summed E-state index contributed by atoms with van der Waals surface area (Å²) in [6, 6.07) is 13.4. The van der Waals surface area contributed by atoms with E-state index in [2.05, 4.69) is 16.0 Å². The average molecular weight is 601 g/mol. The number of anilines is 2. The number of pyridine rings is 2. The number of aromatic nitrogens is 2. The molecule has 218 valence electrons. The third-order valence-electron chi connectivity index (χ3n) is 7.61. The van der Waals surface area contributed by atoms with Crippen LogP contribution < -0.4 is 15.4 Å². The van der Waals surface area contributed by atoms with Gasteiger partial charge in [0.2, 0.25) is 11.8 Å². The molecule has 0 atom stereocenters. The highest BCUT2D eigenvalue weighted by atomic mass is 35.5. The number of furan rings is 1. The number of hydrogen-bond donors (Lipinski definition) is 0. The number of fused-ring (bicyclic) bond motifs is 2. The number of aryl methyl sites for hydroxylation is 1. The van der Waals surface area contributed by atoms with Gasteiger partial charge in [-0.1, -0.05) is 12.1 Å². The average Bonchev–Trinajstić information content (AvgIpc) is 3.40. The largest absolute Gasteiger partial charge is 0.464 e. The van der Waals surface area contributed by atoms with E-state index in [0.29, 0.717) is 48.5 Å². The number of benzene rings is 1. The molecule has 0 bridgehead atoms. The van der Waals surface area contributed by atoms with Crippen molar-refractivity contribution >= 4 is 59.0 Å². The third kappa shape index (κ3) is 6.02. The number of hydrogen-bond acceptors (Lipinski definition) is 6. The summed E-state index contributed by atoms with van der Waals surface area (Å²) in [7, 11) is 3.43. The number of halogens is 2. The smallest absolute Gasteiger partial charge is 0.261 e. The Balaban J connectivity index is 0.00000231. The predicted octanol–water partition coefficient (Wildman–Crippen LogP) is 4.81. The van der Waals surface area contributed by atoms with Crippen molar-refractivity contribution in [1.82, 2.24) is 14.5 Å². The van der Waals surface area contributed by atoms with E-state index in [4.69, 9.17) is 4.42 Å². The van der Waals surface area contributed by atoms with Crippen molar-refractivity contribution in [2.24, 2.45) is 5.41 Å². The zero-order valence-electron chi connectivity index (χ0n) is 23.8. The summed E-state index contributed by atoms with van der Waals surface area (Å²) >= 11 is 0. The van der Waals surface area contributed by atoms with Gasteiger partial charge in [-0.2, -0.15) is 0 Å². The summed E-state index contributed by atoms with van der Waals surface area (Å²) in [6.07, 6.45) is 5.07. The van der Waals surface area contributed by atoms with Gasteiger partial charge in [-0.15, -0.1) is 24.8 Å². The van der Waals surface area contributed by atoms with E-state index in [-0.39, 0.29) is 42.2 Å². The molecule has 3 aromatic heterocycles. The van der Waals surface area contributed by atoms with Crippen LogP contribution in [0.4, 0.5) is 11.4 Å². The second kappa shape index (κ2) is 12.5. The molecule has 0 aliphatic carbocycles. The Morgan fingerprint density at radius 1 is 0.927 bits per heavy atom. The first-order chi connectivity index (χ1) is 18.6. The molecule has 0 N–H and O–H groups in total. The summed E-state index contributed by atoms with van der Waals surface area (Å²) in [5, 5.41) is 0.562. The first-order valence-corrected chi connectivity index (χ1v) is 13.0. The molecular formula is C30H35Cl2N5O4. The van der Waals surface area contributed by atoms with E-state index >= 15 is 0 Å². The van der Waals surface area contributed by atoms with Gasteiger partial charge >= 0.3 is 0 Å². The SMILES string of the molecule is Cc1ncccc1CN(CCn1ccc2occc2c1=O)Cc1ccc2c(c1)N(C)C(=O)C(C)(C)C(=O)N2C.Cl.Cl. The number of nitrogens with zero attached hydrogens (tertiary/aromatic N) is 5. The van der Waals surface area contributed by atoms with Crippen molar-refractivity contribution in [2.75, 3.05) is 30.4 Å². The highest BCUT2D eigenvalue weighted by Crippen LogP contribution is 2.38. The maximum absolute atomic E-state index is 13.2. The zero-order valence-corrected chi connectivity index (χ0v) is 25.4. The van der Waals surface area contributed by atoms with Gasteiger partial charge in [-0.25, -0.2) is 0 Å². The van der Waals surface area contributed by atoms with E-state index in [1.54, 1.807) is 60.8 Å². The molecule has 11 heteroatoms. The normalized spacial score (nSPS) is 14.5. The van der Waals surface area contributed by atoms with Gasteiger partial charge in [-0.05, 0) is 62.2 Å². The van der Waals surface area contributed by atoms with Gasteiger partial charge in [0, 0.05) is 58.4 Å². The molecule has 0 radical (unpaired) electrons. The molecule has 4 heterocycles. The Bertz CT molecular complexity index is 1630. The molecule has 1 aliphatic rings. The molecule has 1 aromatic carbocycles. The van der Waals surface area contributed by atoms with Crippen LogP contribution in [0.5, 0.6) is 0 Å². The first kappa shape index (κ1) is 31.9. The first-order valence-electron chi connectivity index (χ1n) is 13.0. The molecule has 0 fully saturated rings. The number of rotatable bonds is 7. The molecule has 9 nitrogen and oxygen atoms in total. The maximum Gasteiger partial charge on any atom is 0.261 e. The van der Waals surface area contributed by atoms with Crippen LogP contribution in [0, 0.1) is 12.3 Å². The van der Waals surface area contributed by atoms with E-state index in [0.717, 1.165) is 16.8 Å². The lowest BCUT2D eigenvalue weighted by molar-refractivity contribution is -0.137. The van der Waals surface area contributed by atoms with Crippen LogP contribution in [-0.2, 0) is 29.2 Å². The van der Waals surface area contributed by atoms with Crippen LogP contribution in [-0.4, -0.2) is 46.9 Å². The molecule has 1 aliphatic heterocycles. The fourth-order valence-corrected chi connectivity index (χ4v) is 5.20. The lowest BCUT2D eigenvalue weighted by Gasteiger charge is -2.26. The molecule has 0 saturated heterocycles. The van der Waals surface area contributed by atoms with Crippen LogP contribution in [0.2, 0.25) is 0 Å². The van der Waals surface area contributed by atoms with Crippen LogP contribution in [0.1, 0.15) is 30.7 Å². The van der Waals surface area contributed by atoms with Gasteiger partial charge in [0.25, 0.3) is 5.56 Å². The predicted molar refractivity (Wildman–Crippen MR) is 165 cm³/mol. The van der Waals surface area contributed by atoms with Crippen LogP contribution >= 0.6 is 24.8 Å². The lowest BCUT2D eigenvalue weighted by Crippen LogP contribution is -2.46. The number of carbonyl (C=O) groups is 2. The minimum absolute atomic E-state index is 0. The van der Waals surface area contributed by atoms with Crippen molar-refractivity contribution < 1.29 is 14.0 Å². The Morgan fingerprint density at radius 3 is 2.34 bits per heavy atom. The van der Waals surface area contributed by atoms with Gasteiger partial charge < -0.3 is 18.8 Å². The Morgan fingerprint density at radius 2 is 1.63 bits per heavy atom. The van der Waals surface area contributed by atoms with Crippen molar-refractivity contribution in [1.29, 1.82) is 0 Å². The fourth-order valence-electron chi connectivity index (χ4n) is 5.20. The summed E-state index contributed by atoms with van der Waals surface area (Å²) in [6.45, 7) is 7.63. The maximum atomic E-state index is 13.2. The van der Waals surface area contributed by atoms with Gasteiger partial charge in [0.15, 0.2) is 0 Å². The summed E-state index contributed by atoms with van der Waals surface area (Å²) in [5.41, 5.74) is 3.77. The third-order valence-corrected chi connectivity index (χ3v) is 7.61. The highest BCUT2D eigenvalue weighted by molar-refractivity contribution is 6.19. The Hall–Kier alpha value is -3.66. The quantitative estimate of drug-likeness (QED) is 0.283. The van der Waals surface area contributed by atoms with E-state index in [1.165, 1.54) is 6.26 Å². The minimum Gasteiger partial charge on any atom is -0.464 e. The van der Waals surface area contributed by atoms with E-state index < -0.39 is 5.41 Å². The molecule has 2 amide bonds. The number of carbonyl (C=O) groups excluding carboxylic acids is 2. The van der Waals surface area contributed by atoms with Crippen molar-refractivity contribution in [3.8, 4) is 0 Å².